The van der Waals surface area contributed by atoms with E-state index in [1.807, 2.05) is 6.92 Å². The second kappa shape index (κ2) is 10.5. The van der Waals surface area contributed by atoms with Crippen LogP contribution in [0, 0.1) is 6.92 Å². The van der Waals surface area contributed by atoms with Crippen molar-refractivity contribution in [2.45, 2.75) is 6.92 Å². The lowest BCUT2D eigenvalue weighted by Gasteiger charge is -2.26. The summed E-state index contributed by atoms with van der Waals surface area (Å²) in [5, 5.41) is 2.19. The molecule has 1 fully saturated rings. The first kappa shape index (κ1) is 25.3. The number of nitrogens with zero attached hydrogens (tertiary/aromatic N) is 1. The second-order valence-electron chi connectivity index (χ2n) is 7.72. The quantitative estimate of drug-likeness (QED) is 0.179. The van der Waals surface area contributed by atoms with Gasteiger partial charge >= 0.3 is 12.0 Å². The normalized spacial score (nSPS) is 14.6. The van der Waals surface area contributed by atoms with E-state index in [2.05, 4.69) is 37.2 Å². The Bertz CT molecular complexity index is 1420. The fraction of sp³-hybridized carbons (Fsp3) is 0.0769. The maximum atomic E-state index is 13.3. The van der Waals surface area contributed by atoms with Crippen LogP contribution in [0.2, 0.25) is 0 Å². The lowest BCUT2D eigenvalue weighted by molar-refractivity contribution is -0.122. The van der Waals surface area contributed by atoms with Gasteiger partial charge in [-0.3, -0.25) is 14.9 Å². The number of amides is 4. The van der Waals surface area contributed by atoms with Crippen molar-refractivity contribution in [1.29, 1.82) is 0 Å². The summed E-state index contributed by atoms with van der Waals surface area (Å²) in [7, 11) is 1.52. The minimum atomic E-state index is -0.864. The number of esters is 1. The average molecular weight is 614 g/mol. The molecule has 3 aromatic carbocycles. The van der Waals surface area contributed by atoms with Gasteiger partial charge in [0.1, 0.15) is 11.3 Å². The summed E-state index contributed by atoms with van der Waals surface area (Å²) in [6.07, 6.45) is 1.28. The number of ether oxygens (including phenoxy) is 2. The van der Waals surface area contributed by atoms with Crippen LogP contribution in [0.4, 0.5) is 10.5 Å². The number of imide groups is 2. The van der Waals surface area contributed by atoms with Gasteiger partial charge < -0.3 is 9.47 Å². The number of carbonyl (C=O) groups excluding carboxylic acids is 4. The largest absolute Gasteiger partial charge is 0.497 e. The minimum Gasteiger partial charge on any atom is -0.497 e. The van der Waals surface area contributed by atoms with E-state index in [0.717, 1.165) is 10.5 Å². The van der Waals surface area contributed by atoms with Crippen molar-refractivity contribution in [1.82, 2.24) is 5.32 Å². The number of halogens is 2. The molecule has 1 aliphatic rings. The fourth-order valence-electron chi connectivity index (χ4n) is 3.42. The van der Waals surface area contributed by atoms with Gasteiger partial charge in [-0.2, -0.15) is 0 Å². The lowest BCUT2D eigenvalue weighted by Crippen LogP contribution is -2.54. The molecule has 8 nitrogen and oxygen atoms in total. The molecule has 0 saturated carbocycles. The van der Waals surface area contributed by atoms with Crippen LogP contribution in [-0.2, 0) is 9.59 Å². The molecule has 1 N–H and O–H groups in total. The summed E-state index contributed by atoms with van der Waals surface area (Å²) in [6, 6.07) is 15.4. The van der Waals surface area contributed by atoms with Crippen molar-refractivity contribution in [2.24, 2.45) is 0 Å². The molecule has 36 heavy (non-hydrogen) atoms. The molecule has 182 valence electrons. The predicted octanol–water partition coefficient (Wildman–Crippen LogP) is 5.41. The number of urea groups is 1. The Morgan fingerprint density at radius 1 is 0.972 bits per heavy atom. The first-order valence-electron chi connectivity index (χ1n) is 10.5. The van der Waals surface area contributed by atoms with Crippen molar-refractivity contribution in [3.63, 3.8) is 0 Å². The zero-order chi connectivity index (χ0) is 26.0. The van der Waals surface area contributed by atoms with E-state index in [1.165, 1.54) is 13.2 Å². The topological polar surface area (TPSA) is 102 Å². The number of hydrogen-bond donors (Lipinski definition) is 1. The summed E-state index contributed by atoms with van der Waals surface area (Å²) in [5.74, 6) is -1.66. The highest BCUT2D eigenvalue weighted by atomic mass is 79.9. The van der Waals surface area contributed by atoms with Crippen molar-refractivity contribution in [2.75, 3.05) is 12.0 Å². The van der Waals surface area contributed by atoms with Crippen molar-refractivity contribution < 1.29 is 28.7 Å². The molecule has 10 heteroatoms. The number of hydrogen-bond acceptors (Lipinski definition) is 6. The van der Waals surface area contributed by atoms with Crippen LogP contribution >= 0.6 is 31.9 Å². The van der Waals surface area contributed by atoms with Crippen LogP contribution in [0.25, 0.3) is 6.08 Å². The van der Waals surface area contributed by atoms with Crippen molar-refractivity contribution in [3.05, 3.63) is 91.9 Å². The molecule has 3 aromatic rings. The van der Waals surface area contributed by atoms with Crippen LogP contribution in [0.3, 0.4) is 0 Å². The number of carbonyl (C=O) groups is 4. The average Bonchev–Trinajstić information content (AvgIpc) is 2.84. The highest BCUT2D eigenvalue weighted by molar-refractivity contribution is 9.11. The van der Waals surface area contributed by atoms with Gasteiger partial charge in [0.2, 0.25) is 0 Å². The number of barbiturate groups is 1. The zero-order valence-corrected chi connectivity index (χ0v) is 22.2. The molecule has 0 bridgehead atoms. The van der Waals surface area contributed by atoms with Gasteiger partial charge in [-0.25, -0.2) is 14.5 Å². The highest BCUT2D eigenvalue weighted by Crippen LogP contribution is 2.36. The molecule has 1 saturated heterocycles. The summed E-state index contributed by atoms with van der Waals surface area (Å²) in [4.78, 5) is 52.1. The number of benzene rings is 3. The molecule has 1 aliphatic heterocycles. The lowest BCUT2D eigenvalue weighted by atomic mass is 10.1. The van der Waals surface area contributed by atoms with Gasteiger partial charge in [0.05, 0.1) is 22.8 Å². The Balaban J connectivity index is 1.72. The molecular weight excluding hydrogens is 596 g/mol. The van der Waals surface area contributed by atoms with Crippen molar-refractivity contribution >= 4 is 67.4 Å². The molecule has 0 unspecified atom stereocenters. The first-order valence-corrected chi connectivity index (χ1v) is 12.1. The molecule has 0 aliphatic carbocycles. The Morgan fingerprint density at radius 3 is 2.28 bits per heavy atom. The molecule has 0 aromatic heterocycles. The van der Waals surface area contributed by atoms with Crippen LogP contribution < -0.4 is 19.7 Å². The standard InChI is InChI=1S/C26H18Br2N2O6/c1-14-3-7-18(8-4-14)30-24(32)20(23(31)29-26(30)34)12-16-11-17(27)13-21(28)22(16)36-25(33)15-5-9-19(35-2)10-6-15/h3-13H,1-2H3,(H,29,31,34)/b20-12-. The second-order valence-corrected chi connectivity index (χ2v) is 9.49. The maximum Gasteiger partial charge on any atom is 0.343 e. The molecule has 0 spiro atoms. The van der Waals surface area contributed by atoms with Gasteiger partial charge in [-0.05, 0) is 77.5 Å². The van der Waals surface area contributed by atoms with Gasteiger partial charge in [-0.15, -0.1) is 0 Å². The third-order valence-corrected chi connectivity index (χ3v) is 6.30. The molecule has 0 atom stereocenters. The Hall–Kier alpha value is -3.76. The van der Waals surface area contributed by atoms with E-state index in [4.69, 9.17) is 9.47 Å². The van der Waals surface area contributed by atoms with Gasteiger partial charge in [0.15, 0.2) is 5.75 Å². The molecule has 4 rings (SSSR count). The third-order valence-electron chi connectivity index (χ3n) is 5.25. The minimum absolute atomic E-state index is 0.0888. The smallest absolute Gasteiger partial charge is 0.343 e. The van der Waals surface area contributed by atoms with Gasteiger partial charge in [0, 0.05) is 10.0 Å². The SMILES string of the molecule is COc1ccc(C(=O)Oc2c(Br)cc(Br)cc2/C=C2/C(=O)NC(=O)N(c3ccc(C)cc3)C2=O)cc1. The number of nitrogens with one attached hydrogen (secondary N) is 1. The highest BCUT2D eigenvalue weighted by Gasteiger charge is 2.37. The Labute approximate surface area is 223 Å². The van der Waals surface area contributed by atoms with Gasteiger partial charge in [-0.1, -0.05) is 33.6 Å². The van der Waals surface area contributed by atoms with Gasteiger partial charge in [0.25, 0.3) is 11.8 Å². The number of aryl methyl sites for hydroxylation is 1. The first-order chi connectivity index (χ1) is 17.2. The van der Waals surface area contributed by atoms with E-state index in [0.29, 0.717) is 20.4 Å². The van der Waals surface area contributed by atoms with Crippen molar-refractivity contribution in [3.8, 4) is 11.5 Å². The van der Waals surface area contributed by atoms with E-state index in [1.54, 1.807) is 60.7 Å². The van der Waals surface area contributed by atoms with E-state index < -0.39 is 23.8 Å². The molecule has 1 heterocycles. The zero-order valence-electron chi connectivity index (χ0n) is 19.0. The van der Waals surface area contributed by atoms with Crippen LogP contribution in [-0.4, -0.2) is 30.9 Å². The Morgan fingerprint density at radius 2 is 1.64 bits per heavy atom. The number of methoxy groups -OCH3 is 1. The monoisotopic (exact) mass is 612 g/mol. The molecule has 4 amide bonds. The van der Waals surface area contributed by atoms with E-state index in [9.17, 15) is 19.2 Å². The van der Waals surface area contributed by atoms with E-state index in [-0.39, 0.29) is 22.4 Å². The summed E-state index contributed by atoms with van der Waals surface area (Å²) in [5.41, 5.74) is 1.48. The summed E-state index contributed by atoms with van der Waals surface area (Å²) < 4.78 is 11.7. The van der Waals surface area contributed by atoms with E-state index >= 15 is 0 Å². The summed E-state index contributed by atoms with van der Waals surface area (Å²) in [6.45, 7) is 1.87. The van der Waals surface area contributed by atoms with Crippen LogP contribution in [0.15, 0.2) is 75.2 Å². The number of rotatable bonds is 5. The molecular formula is C26H18Br2N2O6. The van der Waals surface area contributed by atoms with Crippen LogP contribution in [0.1, 0.15) is 21.5 Å². The number of anilines is 1. The fourth-order valence-corrected chi connectivity index (χ4v) is 4.75. The summed E-state index contributed by atoms with van der Waals surface area (Å²) >= 11 is 6.75. The predicted molar refractivity (Wildman–Crippen MR) is 140 cm³/mol. The Kier molecular flexibility index (Phi) is 7.37. The molecule has 0 radical (unpaired) electrons. The van der Waals surface area contributed by atoms with Crippen LogP contribution in [0.5, 0.6) is 11.5 Å². The third kappa shape index (κ3) is 5.24. The maximum absolute atomic E-state index is 13.3.